The molecular formula is C19H22N4. The molecule has 1 saturated heterocycles. The highest BCUT2D eigenvalue weighted by molar-refractivity contribution is 5.70. The fourth-order valence-corrected chi connectivity index (χ4v) is 2.75. The lowest BCUT2D eigenvalue weighted by Crippen LogP contribution is -2.52. The van der Waals surface area contributed by atoms with Crippen LogP contribution in [0.3, 0.4) is 0 Å². The van der Waals surface area contributed by atoms with E-state index in [1.807, 2.05) is 25.3 Å². The number of pyridine rings is 1. The van der Waals surface area contributed by atoms with Crippen LogP contribution in [0.5, 0.6) is 0 Å². The molecule has 4 N–H and O–H groups in total. The van der Waals surface area contributed by atoms with Crippen LogP contribution in [0.25, 0.3) is 23.4 Å². The Morgan fingerprint density at radius 2 is 2.13 bits per heavy atom. The van der Waals surface area contributed by atoms with Gasteiger partial charge in [0.25, 0.3) is 0 Å². The van der Waals surface area contributed by atoms with Crippen molar-refractivity contribution in [3.05, 3.63) is 59.2 Å². The van der Waals surface area contributed by atoms with E-state index in [4.69, 9.17) is 5.73 Å². The first-order valence-electron chi connectivity index (χ1n) is 7.80. The van der Waals surface area contributed by atoms with Gasteiger partial charge in [0.15, 0.2) is 0 Å². The predicted molar refractivity (Wildman–Crippen MR) is 97.3 cm³/mol. The summed E-state index contributed by atoms with van der Waals surface area (Å²) in [6.07, 6.45) is 7.28. The van der Waals surface area contributed by atoms with Crippen molar-refractivity contribution in [3.8, 4) is 11.1 Å². The van der Waals surface area contributed by atoms with Crippen molar-refractivity contribution in [1.82, 2.24) is 10.3 Å². The van der Waals surface area contributed by atoms with E-state index >= 15 is 0 Å². The van der Waals surface area contributed by atoms with Gasteiger partial charge in [-0.2, -0.15) is 0 Å². The molecule has 2 aromatic rings. The minimum absolute atomic E-state index is 0.444. The normalized spacial score (nSPS) is 16.2. The fraction of sp³-hybridized carbons (Fsp3) is 0.211. The Kier molecular flexibility index (Phi) is 4.44. The number of hydrogen-bond donors (Lipinski definition) is 3. The first-order valence-corrected chi connectivity index (χ1v) is 7.80. The largest absolute Gasteiger partial charge is 0.404 e. The topological polar surface area (TPSA) is 63.0 Å². The number of nitrogens with one attached hydrogen (secondary N) is 2. The van der Waals surface area contributed by atoms with Gasteiger partial charge in [0, 0.05) is 42.1 Å². The zero-order valence-electron chi connectivity index (χ0n) is 13.3. The van der Waals surface area contributed by atoms with Gasteiger partial charge in [-0.05, 0) is 47.5 Å². The molecule has 0 aliphatic carbocycles. The maximum atomic E-state index is 5.88. The smallest absolute Gasteiger partial charge is 0.0510 e. The molecule has 1 aliphatic heterocycles. The van der Waals surface area contributed by atoms with Gasteiger partial charge in [-0.25, -0.2) is 0 Å². The lowest BCUT2D eigenvalue weighted by Gasteiger charge is -2.29. The van der Waals surface area contributed by atoms with Gasteiger partial charge in [-0.1, -0.05) is 18.7 Å². The number of rotatable bonds is 4. The number of aryl methyl sites for hydroxylation is 1. The Morgan fingerprint density at radius 3 is 2.74 bits per heavy atom. The molecule has 1 fully saturated rings. The molecule has 0 saturated carbocycles. The maximum Gasteiger partial charge on any atom is 0.0510 e. The molecule has 0 radical (unpaired) electrons. The second-order valence-corrected chi connectivity index (χ2v) is 5.78. The summed E-state index contributed by atoms with van der Waals surface area (Å²) in [5.41, 5.74) is 10.2. The van der Waals surface area contributed by atoms with Crippen LogP contribution in [0.2, 0.25) is 0 Å². The van der Waals surface area contributed by atoms with E-state index in [9.17, 15) is 0 Å². The average molecular weight is 306 g/mol. The molecule has 0 spiro atoms. The van der Waals surface area contributed by atoms with Crippen LogP contribution >= 0.6 is 0 Å². The Labute approximate surface area is 136 Å². The fourth-order valence-electron chi connectivity index (χ4n) is 2.75. The molecule has 0 atom stereocenters. The molecule has 0 bridgehead atoms. The van der Waals surface area contributed by atoms with Crippen molar-refractivity contribution < 1.29 is 0 Å². The summed E-state index contributed by atoms with van der Waals surface area (Å²) >= 11 is 0. The number of aromatic nitrogens is 1. The molecule has 0 unspecified atom stereocenters. The number of allylic oxidation sites excluding steroid dienone is 1. The molecule has 23 heavy (non-hydrogen) atoms. The highest BCUT2D eigenvalue weighted by Crippen LogP contribution is 2.20. The van der Waals surface area contributed by atoms with Crippen LogP contribution < -0.4 is 26.8 Å². The van der Waals surface area contributed by atoms with Gasteiger partial charge in [0.1, 0.15) is 0 Å². The van der Waals surface area contributed by atoms with Crippen LogP contribution in [-0.2, 0) is 0 Å². The summed E-state index contributed by atoms with van der Waals surface area (Å²) in [5, 5.41) is 8.92. The molecule has 1 aromatic carbocycles. The summed E-state index contributed by atoms with van der Waals surface area (Å²) in [7, 11) is 0. The Hall–Kier alpha value is -2.59. The average Bonchev–Trinajstić information content (AvgIpc) is 2.51. The van der Waals surface area contributed by atoms with Gasteiger partial charge >= 0.3 is 0 Å². The minimum Gasteiger partial charge on any atom is -0.404 e. The second-order valence-electron chi connectivity index (χ2n) is 5.78. The lowest BCUT2D eigenvalue weighted by atomic mass is 10.0. The number of anilines is 1. The van der Waals surface area contributed by atoms with Gasteiger partial charge in [0.05, 0.1) is 6.04 Å². The van der Waals surface area contributed by atoms with Crippen molar-refractivity contribution in [2.45, 2.75) is 13.0 Å². The van der Waals surface area contributed by atoms with Crippen LogP contribution in [0.15, 0.2) is 43.1 Å². The molecular weight excluding hydrogens is 284 g/mol. The first kappa shape index (κ1) is 15.3. The zero-order chi connectivity index (χ0) is 16.2. The molecule has 3 rings (SSSR count). The number of benzene rings is 1. The van der Waals surface area contributed by atoms with E-state index in [-0.39, 0.29) is 0 Å². The van der Waals surface area contributed by atoms with Gasteiger partial charge in [-0.15, -0.1) is 0 Å². The van der Waals surface area contributed by atoms with E-state index in [2.05, 4.69) is 40.4 Å². The molecule has 118 valence electrons. The van der Waals surface area contributed by atoms with Crippen molar-refractivity contribution in [1.29, 1.82) is 0 Å². The van der Waals surface area contributed by atoms with Gasteiger partial charge in [-0.3, -0.25) is 4.98 Å². The third kappa shape index (κ3) is 3.27. The Balaban J connectivity index is 2.17. The third-order valence-electron chi connectivity index (χ3n) is 4.05. The number of hydrogen-bond acceptors (Lipinski definition) is 4. The maximum absolute atomic E-state index is 5.88. The van der Waals surface area contributed by atoms with Crippen LogP contribution in [-0.4, -0.2) is 24.1 Å². The first-order chi connectivity index (χ1) is 11.2. The summed E-state index contributed by atoms with van der Waals surface area (Å²) in [5.74, 6) is 0. The quantitative estimate of drug-likeness (QED) is 0.792. The molecule has 1 aromatic heterocycles. The van der Waals surface area contributed by atoms with Crippen LogP contribution in [0, 0.1) is 6.92 Å². The highest BCUT2D eigenvalue weighted by Gasteiger charge is 2.17. The van der Waals surface area contributed by atoms with Crippen LogP contribution in [0.4, 0.5) is 5.69 Å². The molecule has 0 amide bonds. The number of nitrogens with zero attached hydrogens (tertiary/aromatic N) is 1. The molecule has 2 heterocycles. The summed E-state index contributed by atoms with van der Waals surface area (Å²) < 4.78 is 0. The highest BCUT2D eigenvalue weighted by atomic mass is 15.1. The van der Waals surface area contributed by atoms with Crippen molar-refractivity contribution in [2.75, 3.05) is 18.4 Å². The van der Waals surface area contributed by atoms with Gasteiger partial charge < -0.3 is 16.4 Å². The van der Waals surface area contributed by atoms with Crippen molar-refractivity contribution in [3.63, 3.8) is 0 Å². The van der Waals surface area contributed by atoms with E-state index in [0.29, 0.717) is 6.04 Å². The summed E-state index contributed by atoms with van der Waals surface area (Å²) in [6, 6.07) is 8.86. The standard InChI is InChI=1S/C19H22N4/c1-3-4-15-8-16(14-5-6-22-13(2)7-14)9-19(18(15)10-20)23-17-11-21-12-17/h3-10,17,21,23H,1,11-12,20H2,2H3/b15-4-,18-10+. The van der Waals surface area contributed by atoms with Gasteiger partial charge in [0.2, 0.25) is 0 Å². The minimum atomic E-state index is 0.444. The monoisotopic (exact) mass is 306 g/mol. The van der Waals surface area contributed by atoms with E-state index in [0.717, 1.165) is 46.0 Å². The predicted octanol–water partition coefficient (Wildman–Crippen LogP) is 1.10. The zero-order valence-corrected chi connectivity index (χ0v) is 13.3. The third-order valence-corrected chi connectivity index (χ3v) is 4.05. The van der Waals surface area contributed by atoms with E-state index in [1.165, 1.54) is 0 Å². The number of nitrogens with two attached hydrogens (primary N) is 1. The van der Waals surface area contributed by atoms with Crippen LogP contribution in [0.1, 0.15) is 5.69 Å². The summed E-state index contributed by atoms with van der Waals surface area (Å²) in [6.45, 7) is 7.77. The Bertz CT molecular complexity index is 835. The molecule has 4 nitrogen and oxygen atoms in total. The van der Waals surface area contributed by atoms with Crippen molar-refractivity contribution >= 4 is 18.0 Å². The second kappa shape index (κ2) is 6.67. The SMILES string of the molecule is C=C/C=c1/cc(-c2ccnc(C)c2)cc(NC2CNC2)/c1=C/N. The molecule has 4 heteroatoms. The van der Waals surface area contributed by atoms with E-state index < -0.39 is 0 Å². The summed E-state index contributed by atoms with van der Waals surface area (Å²) in [4.78, 5) is 4.28. The Morgan fingerprint density at radius 1 is 1.30 bits per heavy atom. The molecule has 1 aliphatic rings. The van der Waals surface area contributed by atoms with Crippen molar-refractivity contribution in [2.24, 2.45) is 5.73 Å². The van der Waals surface area contributed by atoms with E-state index in [1.54, 1.807) is 12.3 Å². The lowest BCUT2D eigenvalue weighted by molar-refractivity contribution is 0.472.